The van der Waals surface area contributed by atoms with E-state index in [0.29, 0.717) is 35.4 Å². The molecule has 0 saturated carbocycles. The van der Waals surface area contributed by atoms with E-state index in [1.165, 1.54) is 6.20 Å². The molecule has 9 nitrogen and oxygen atoms in total. The second kappa shape index (κ2) is 9.20. The maximum absolute atomic E-state index is 13.2. The fourth-order valence-corrected chi connectivity index (χ4v) is 3.57. The highest BCUT2D eigenvalue weighted by atomic mass is 16.7. The van der Waals surface area contributed by atoms with E-state index in [0.717, 1.165) is 0 Å². The fraction of sp³-hybridized carbons (Fsp3) is 0.522. The minimum Gasteiger partial charge on any atom is -0.454 e. The number of aromatic nitrogens is 1. The molecule has 3 rings (SSSR count). The lowest BCUT2D eigenvalue weighted by atomic mass is 9.96. The molecule has 3 N–H and O–H groups in total. The summed E-state index contributed by atoms with van der Waals surface area (Å²) in [6, 6.07) is 2.46. The molecule has 0 spiro atoms. The number of pyridine rings is 1. The average molecular weight is 446 g/mol. The second-order valence-corrected chi connectivity index (χ2v) is 8.75. The molecule has 1 aliphatic rings. The van der Waals surface area contributed by atoms with Crippen LogP contribution >= 0.6 is 0 Å². The normalized spacial score (nSPS) is 14.8. The highest BCUT2D eigenvalue weighted by Gasteiger charge is 2.31. The largest absolute Gasteiger partial charge is 0.454 e. The lowest BCUT2D eigenvalue weighted by Gasteiger charge is -2.29. The van der Waals surface area contributed by atoms with Gasteiger partial charge in [0, 0.05) is 18.8 Å². The number of carbonyl (C=O) groups excluding carboxylic acids is 2. The minimum absolute atomic E-state index is 0.0549. The van der Waals surface area contributed by atoms with Crippen molar-refractivity contribution in [3.8, 4) is 11.5 Å². The maximum atomic E-state index is 13.2. The van der Waals surface area contributed by atoms with Crippen LogP contribution in [0.1, 0.15) is 51.4 Å². The topological polar surface area (TPSA) is 119 Å². The van der Waals surface area contributed by atoms with Gasteiger partial charge in [0.1, 0.15) is 11.6 Å². The summed E-state index contributed by atoms with van der Waals surface area (Å²) in [5, 5.41) is 15.3. The molecule has 0 radical (unpaired) electrons. The van der Waals surface area contributed by atoms with Crippen molar-refractivity contribution in [3.63, 3.8) is 0 Å². The number of carbonyl (C=O) groups is 2. The molecule has 0 aliphatic carbocycles. The molecular formula is C23H31N3O6. The minimum atomic E-state index is -0.861. The Balaban J connectivity index is 1.99. The van der Waals surface area contributed by atoms with Crippen LogP contribution in [0.25, 0.3) is 10.9 Å². The molecule has 1 aliphatic heterocycles. The number of ether oxygens (including phenoxy) is 2. The van der Waals surface area contributed by atoms with Crippen LogP contribution in [-0.2, 0) is 11.3 Å². The van der Waals surface area contributed by atoms with Gasteiger partial charge in [0.2, 0.25) is 18.1 Å². The summed E-state index contributed by atoms with van der Waals surface area (Å²) in [7, 11) is 0. The summed E-state index contributed by atoms with van der Waals surface area (Å²) in [5.41, 5.74) is -0.701. The summed E-state index contributed by atoms with van der Waals surface area (Å²) in [6.07, 6.45) is 2.14. The first-order chi connectivity index (χ1) is 15.1. The van der Waals surface area contributed by atoms with Crippen LogP contribution in [0.3, 0.4) is 0 Å². The average Bonchev–Trinajstić information content (AvgIpc) is 3.23. The predicted octanol–water partition coefficient (Wildman–Crippen LogP) is 1.78. The van der Waals surface area contributed by atoms with E-state index >= 15 is 0 Å². The SMILES string of the molecule is CC[C@H](C)[C@H](NC(=O)c1cn(CC)c2cc3c(cc2c1=O)OCO3)C(=O)NC(C)(C)CO. The van der Waals surface area contributed by atoms with E-state index in [1.54, 1.807) is 30.5 Å². The number of nitrogens with one attached hydrogen (secondary N) is 2. The van der Waals surface area contributed by atoms with Gasteiger partial charge >= 0.3 is 0 Å². The van der Waals surface area contributed by atoms with Crippen molar-refractivity contribution in [3.05, 3.63) is 34.1 Å². The molecule has 2 atom stereocenters. The number of rotatable bonds is 8. The van der Waals surface area contributed by atoms with Crippen LogP contribution in [0.2, 0.25) is 0 Å². The molecule has 2 aromatic rings. The van der Waals surface area contributed by atoms with Gasteiger partial charge in [0.25, 0.3) is 5.91 Å². The first-order valence-corrected chi connectivity index (χ1v) is 10.8. The predicted molar refractivity (Wildman–Crippen MR) is 120 cm³/mol. The molecule has 174 valence electrons. The van der Waals surface area contributed by atoms with Gasteiger partial charge in [-0.1, -0.05) is 20.3 Å². The van der Waals surface area contributed by atoms with E-state index in [4.69, 9.17) is 9.47 Å². The number of fused-ring (bicyclic) bond motifs is 2. The molecule has 1 aromatic heterocycles. The van der Waals surface area contributed by atoms with Crippen LogP contribution in [-0.4, -0.2) is 46.5 Å². The van der Waals surface area contributed by atoms with Crippen molar-refractivity contribution in [2.24, 2.45) is 5.92 Å². The van der Waals surface area contributed by atoms with Crippen LogP contribution in [0.15, 0.2) is 23.1 Å². The number of benzene rings is 1. The number of aliphatic hydroxyl groups is 1. The van der Waals surface area contributed by atoms with E-state index < -0.39 is 28.8 Å². The zero-order valence-corrected chi connectivity index (χ0v) is 19.2. The van der Waals surface area contributed by atoms with E-state index in [9.17, 15) is 19.5 Å². The molecule has 32 heavy (non-hydrogen) atoms. The maximum Gasteiger partial charge on any atom is 0.257 e. The molecule has 1 aromatic carbocycles. The van der Waals surface area contributed by atoms with Crippen molar-refractivity contribution < 1.29 is 24.2 Å². The van der Waals surface area contributed by atoms with Crippen LogP contribution in [0.5, 0.6) is 11.5 Å². The quantitative estimate of drug-likeness (QED) is 0.570. The van der Waals surface area contributed by atoms with Crippen LogP contribution in [0, 0.1) is 5.92 Å². The zero-order chi connectivity index (χ0) is 23.6. The molecule has 2 heterocycles. The third-order valence-corrected chi connectivity index (χ3v) is 5.80. The van der Waals surface area contributed by atoms with E-state index in [-0.39, 0.29) is 24.9 Å². The Morgan fingerprint density at radius 2 is 1.88 bits per heavy atom. The van der Waals surface area contributed by atoms with Gasteiger partial charge in [-0.05, 0) is 32.8 Å². The molecule has 2 amide bonds. The number of aliphatic hydroxyl groups excluding tert-OH is 1. The van der Waals surface area contributed by atoms with Crippen molar-refractivity contribution in [2.75, 3.05) is 13.4 Å². The number of hydrogen-bond acceptors (Lipinski definition) is 6. The van der Waals surface area contributed by atoms with E-state index in [2.05, 4.69) is 10.6 Å². The Bertz CT molecular complexity index is 1090. The van der Waals surface area contributed by atoms with Crippen molar-refractivity contribution in [1.29, 1.82) is 0 Å². The molecule has 0 saturated heterocycles. The summed E-state index contributed by atoms with van der Waals surface area (Å²) < 4.78 is 12.6. The first-order valence-electron chi connectivity index (χ1n) is 10.8. The number of aryl methyl sites for hydroxylation is 1. The number of nitrogens with zero attached hydrogens (tertiary/aromatic N) is 1. The number of hydrogen-bond donors (Lipinski definition) is 3. The Morgan fingerprint density at radius 3 is 2.47 bits per heavy atom. The zero-order valence-electron chi connectivity index (χ0n) is 19.2. The van der Waals surface area contributed by atoms with Gasteiger partial charge in [-0.3, -0.25) is 14.4 Å². The summed E-state index contributed by atoms with van der Waals surface area (Å²) in [5.74, 6) is -0.212. The molecule has 9 heteroatoms. The van der Waals surface area contributed by atoms with Gasteiger partial charge in [-0.25, -0.2) is 0 Å². The van der Waals surface area contributed by atoms with Crippen LogP contribution in [0.4, 0.5) is 0 Å². The summed E-state index contributed by atoms with van der Waals surface area (Å²) in [6.45, 7) is 9.40. The second-order valence-electron chi connectivity index (χ2n) is 8.75. The molecular weight excluding hydrogens is 414 g/mol. The lowest BCUT2D eigenvalue weighted by Crippen LogP contribution is -2.56. The third kappa shape index (κ3) is 4.57. The first kappa shape index (κ1) is 23.6. The molecule has 0 bridgehead atoms. The molecule has 0 unspecified atom stereocenters. The Hall–Kier alpha value is -3.07. The van der Waals surface area contributed by atoms with Gasteiger partial charge in [0.05, 0.1) is 23.0 Å². The van der Waals surface area contributed by atoms with Gasteiger partial charge in [0.15, 0.2) is 11.5 Å². The van der Waals surface area contributed by atoms with Crippen molar-refractivity contribution in [1.82, 2.24) is 15.2 Å². The Morgan fingerprint density at radius 1 is 1.22 bits per heavy atom. The summed E-state index contributed by atoms with van der Waals surface area (Å²) >= 11 is 0. The summed E-state index contributed by atoms with van der Waals surface area (Å²) in [4.78, 5) is 39.3. The van der Waals surface area contributed by atoms with Crippen LogP contribution < -0.4 is 25.5 Å². The third-order valence-electron chi connectivity index (χ3n) is 5.80. The highest BCUT2D eigenvalue weighted by molar-refractivity contribution is 6.00. The van der Waals surface area contributed by atoms with Gasteiger partial charge < -0.3 is 29.8 Å². The number of amides is 2. The molecule has 0 fully saturated rings. The lowest BCUT2D eigenvalue weighted by molar-refractivity contribution is -0.126. The monoisotopic (exact) mass is 445 g/mol. The highest BCUT2D eigenvalue weighted by Crippen LogP contribution is 2.35. The van der Waals surface area contributed by atoms with Gasteiger partial charge in [-0.15, -0.1) is 0 Å². The van der Waals surface area contributed by atoms with Crippen molar-refractivity contribution in [2.45, 2.75) is 59.2 Å². The van der Waals surface area contributed by atoms with Crippen molar-refractivity contribution >= 4 is 22.7 Å². The standard InChI is InChI=1S/C23H31N3O6/c1-6-13(3)19(22(30)25-23(4,5)11-27)24-21(29)15-10-26(7-2)16-9-18-17(31-12-32-18)8-14(16)20(15)28/h8-10,13,19,27H,6-7,11-12H2,1-5H3,(H,24,29)(H,25,30)/t13-,19-/m0/s1. The Kier molecular flexibility index (Phi) is 6.78. The fourth-order valence-electron chi connectivity index (χ4n) is 3.57. The van der Waals surface area contributed by atoms with Gasteiger partial charge in [-0.2, -0.15) is 0 Å². The van der Waals surface area contributed by atoms with E-state index in [1.807, 2.05) is 20.8 Å². The smallest absolute Gasteiger partial charge is 0.257 e. The Labute approximate surface area is 186 Å².